The molecule has 1 atom stereocenters. The Labute approximate surface area is 127 Å². The van der Waals surface area contributed by atoms with Gasteiger partial charge in [0.15, 0.2) is 5.60 Å². The highest BCUT2D eigenvalue weighted by Gasteiger charge is 2.69. The Morgan fingerprint density at radius 1 is 0.955 bits per heavy atom. The number of benzene rings is 1. The Bertz CT molecular complexity index is 634. The highest BCUT2D eigenvalue weighted by Crippen LogP contribution is 2.49. The standard InChI is InChI=1S/C15H11F5OS/c16-14(17,15(18,19)20)13(21,12-7-9-22-10-12)8-6-11-4-2-1-3-5-11/h1-10,21H/b8-6+. The van der Waals surface area contributed by atoms with Gasteiger partial charge >= 0.3 is 12.1 Å². The second-order valence-electron chi connectivity index (χ2n) is 4.59. The van der Waals surface area contributed by atoms with Crippen LogP contribution in [0.2, 0.25) is 0 Å². The van der Waals surface area contributed by atoms with Crippen LogP contribution in [-0.4, -0.2) is 17.2 Å². The lowest BCUT2D eigenvalue weighted by molar-refractivity contribution is -0.334. The summed E-state index contributed by atoms with van der Waals surface area (Å²) in [5, 5.41) is 12.5. The fourth-order valence-corrected chi connectivity index (χ4v) is 2.57. The summed E-state index contributed by atoms with van der Waals surface area (Å²) >= 11 is 0.920. The van der Waals surface area contributed by atoms with Crippen molar-refractivity contribution in [1.29, 1.82) is 0 Å². The van der Waals surface area contributed by atoms with Gasteiger partial charge in [0.25, 0.3) is 0 Å². The lowest BCUT2D eigenvalue weighted by atomic mass is 9.87. The van der Waals surface area contributed by atoms with E-state index in [1.165, 1.54) is 17.5 Å². The molecule has 2 aromatic rings. The molecule has 1 heterocycles. The minimum absolute atomic E-state index is 0.397. The zero-order chi connectivity index (χ0) is 16.4. The van der Waals surface area contributed by atoms with Crippen molar-refractivity contribution in [2.75, 3.05) is 0 Å². The van der Waals surface area contributed by atoms with Gasteiger partial charge in [-0.2, -0.15) is 33.3 Å². The Morgan fingerprint density at radius 3 is 2.09 bits per heavy atom. The van der Waals surface area contributed by atoms with Gasteiger partial charge in [0, 0.05) is 5.56 Å². The average molecular weight is 334 g/mol. The Kier molecular flexibility index (Phi) is 4.39. The van der Waals surface area contributed by atoms with Crippen molar-refractivity contribution in [2.24, 2.45) is 0 Å². The van der Waals surface area contributed by atoms with Crippen LogP contribution >= 0.6 is 11.3 Å². The smallest absolute Gasteiger partial charge is 0.375 e. The summed E-state index contributed by atoms with van der Waals surface area (Å²) in [6.07, 6.45) is -4.36. The third-order valence-electron chi connectivity index (χ3n) is 3.11. The Balaban J connectivity index is 2.51. The number of hydrogen-bond donors (Lipinski definition) is 1. The average Bonchev–Trinajstić information content (AvgIpc) is 2.99. The number of aliphatic hydroxyl groups is 1. The number of hydrogen-bond acceptors (Lipinski definition) is 2. The van der Waals surface area contributed by atoms with Crippen LogP contribution in [0.1, 0.15) is 11.1 Å². The molecule has 0 spiro atoms. The molecule has 7 heteroatoms. The van der Waals surface area contributed by atoms with Crippen molar-refractivity contribution in [3.05, 3.63) is 64.4 Å². The van der Waals surface area contributed by atoms with Crippen molar-refractivity contribution < 1.29 is 27.1 Å². The molecule has 0 saturated carbocycles. The lowest BCUT2D eigenvalue weighted by Gasteiger charge is -2.34. The SMILES string of the molecule is OC(/C=C/c1ccccc1)(c1ccsc1)C(F)(F)C(F)(F)F. The molecule has 22 heavy (non-hydrogen) atoms. The topological polar surface area (TPSA) is 20.2 Å². The second-order valence-corrected chi connectivity index (χ2v) is 5.37. The predicted octanol–water partition coefficient (Wildman–Crippen LogP) is 4.85. The normalized spacial score (nSPS) is 15.9. The fourth-order valence-electron chi connectivity index (χ4n) is 1.86. The Hall–Kier alpha value is -1.73. The molecule has 0 aliphatic heterocycles. The van der Waals surface area contributed by atoms with E-state index in [4.69, 9.17) is 0 Å². The van der Waals surface area contributed by atoms with Crippen LogP contribution in [0.4, 0.5) is 22.0 Å². The Morgan fingerprint density at radius 2 is 1.59 bits per heavy atom. The van der Waals surface area contributed by atoms with Crippen LogP contribution in [0.15, 0.2) is 53.2 Å². The summed E-state index contributed by atoms with van der Waals surface area (Å²) in [7, 11) is 0. The molecule has 0 aliphatic carbocycles. The van der Waals surface area contributed by atoms with Gasteiger partial charge in [-0.1, -0.05) is 36.4 Å². The molecule has 2 rings (SSSR count). The number of rotatable bonds is 4. The first-order chi connectivity index (χ1) is 10.2. The summed E-state index contributed by atoms with van der Waals surface area (Å²) in [6.45, 7) is 0. The van der Waals surface area contributed by atoms with Gasteiger partial charge in [-0.25, -0.2) is 0 Å². The second kappa shape index (κ2) is 5.81. The monoisotopic (exact) mass is 334 g/mol. The summed E-state index contributed by atoms with van der Waals surface area (Å²) < 4.78 is 65.8. The largest absolute Gasteiger partial charge is 0.457 e. The number of halogens is 5. The first-order valence-corrected chi connectivity index (χ1v) is 7.06. The molecule has 1 unspecified atom stereocenters. The van der Waals surface area contributed by atoms with Crippen molar-refractivity contribution in [1.82, 2.24) is 0 Å². The van der Waals surface area contributed by atoms with E-state index < -0.39 is 23.3 Å². The zero-order valence-corrected chi connectivity index (χ0v) is 11.8. The van der Waals surface area contributed by atoms with Gasteiger partial charge < -0.3 is 5.11 Å². The van der Waals surface area contributed by atoms with E-state index in [-0.39, 0.29) is 0 Å². The molecule has 0 saturated heterocycles. The first-order valence-electron chi connectivity index (χ1n) is 6.12. The maximum atomic E-state index is 13.8. The highest BCUT2D eigenvalue weighted by molar-refractivity contribution is 7.08. The molecule has 1 nitrogen and oxygen atoms in total. The maximum Gasteiger partial charge on any atom is 0.457 e. The van der Waals surface area contributed by atoms with E-state index >= 15 is 0 Å². The number of thiophene rings is 1. The third-order valence-corrected chi connectivity index (χ3v) is 3.80. The maximum absolute atomic E-state index is 13.8. The van der Waals surface area contributed by atoms with Crippen LogP contribution in [0, 0.1) is 0 Å². The van der Waals surface area contributed by atoms with E-state index in [0.717, 1.165) is 28.9 Å². The van der Waals surface area contributed by atoms with E-state index in [1.54, 1.807) is 18.2 Å². The summed E-state index contributed by atoms with van der Waals surface area (Å²) in [5.41, 5.74) is -3.58. The van der Waals surface area contributed by atoms with Crippen LogP contribution in [0.3, 0.4) is 0 Å². The first kappa shape index (κ1) is 16.6. The molecule has 1 aromatic carbocycles. The molecule has 0 amide bonds. The molecular weight excluding hydrogens is 323 g/mol. The predicted molar refractivity (Wildman–Crippen MR) is 74.7 cm³/mol. The van der Waals surface area contributed by atoms with Crippen LogP contribution in [0.25, 0.3) is 6.08 Å². The highest BCUT2D eigenvalue weighted by atomic mass is 32.1. The van der Waals surface area contributed by atoms with E-state index in [2.05, 4.69) is 0 Å². The lowest BCUT2D eigenvalue weighted by Crippen LogP contribution is -2.53. The van der Waals surface area contributed by atoms with Gasteiger partial charge in [-0.3, -0.25) is 0 Å². The van der Waals surface area contributed by atoms with Gasteiger partial charge in [-0.05, 0) is 28.5 Å². The minimum Gasteiger partial charge on any atom is -0.375 e. The van der Waals surface area contributed by atoms with Crippen LogP contribution in [-0.2, 0) is 5.60 Å². The van der Waals surface area contributed by atoms with E-state index in [1.807, 2.05) is 0 Å². The quantitative estimate of drug-likeness (QED) is 0.793. The molecule has 0 fully saturated rings. The molecular formula is C15H11F5OS. The van der Waals surface area contributed by atoms with Crippen molar-refractivity contribution in [2.45, 2.75) is 17.7 Å². The molecule has 0 aliphatic rings. The van der Waals surface area contributed by atoms with Crippen LogP contribution in [0.5, 0.6) is 0 Å². The molecule has 118 valence electrons. The summed E-state index contributed by atoms with van der Waals surface area (Å²) in [6, 6.07) is 8.97. The van der Waals surface area contributed by atoms with Gasteiger partial charge in [0.05, 0.1) is 0 Å². The van der Waals surface area contributed by atoms with Crippen LogP contribution < -0.4 is 0 Å². The molecule has 0 bridgehead atoms. The summed E-state index contributed by atoms with van der Waals surface area (Å²) in [4.78, 5) is 0. The van der Waals surface area contributed by atoms with Gasteiger partial charge in [0.1, 0.15) is 0 Å². The summed E-state index contributed by atoms with van der Waals surface area (Å²) in [5.74, 6) is -5.33. The molecule has 1 N–H and O–H groups in total. The van der Waals surface area contributed by atoms with Crippen molar-refractivity contribution >= 4 is 17.4 Å². The molecule has 1 aromatic heterocycles. The fraction of sp³-hybridized carbons (Fsp3) is 0.200. The van der Waals surface area contributed by atoms with E-state index in [9.17, 15) is 27.1 Å². The van der Waals surface area contributed by atoms with Crippen molar-refractivity contribution in [3.8, 4) is 0 Å². The van der Waals surface area contributed by atoms with E-state index in [0.29, 0.717) is 11.6 Å². The minimum atomic E-state index is -5.88. The third kappa shape index (κ3) is 2.91. The van der Waals surface area contributed by atoms with Gasteiger partial charge in [-0.15, -0.1) is 0 Å². The van der Waals surface area contributed by atoms with Gasteiger partial charge in [0.2, 0.25) is 0 Å². The zero-order valence-electron chi connectivity index (χ0n) is 11.0. The molecule has 0 radical (unpaired) electrons. The number of alkyl halides is 5. The van der Waals surface area contributed by atoms with Crippen molar-refractivity contribution in [3.63, 3.8) is 0 Å².